The molecular weight excluding hydrogens is 452 g/mol. The van der Waals surface area contributed by atoms with E-state index in [2.05, 4.69) is 16.9 Å². The zero-order valence-electron chi connectivity index (χ0n) is 21.3. The first-order chi connectivity index (χ1) is 17.4. The van der Waals surface area contributed by atoms with Gasteiger partial charge in [0.15, 0.2) is 0 Å². The highest BCUT2D eigenvalue weighted by atomic mass is 16.5. The highest BCUT2D eigenvalue weighted by molar-refractivity contribution is 6.00. The number of ether oxygens (including phenoxy) is 1. The lowest BCUT2D eigenvalue weighted by molar-refractivity contribution is -0.135. The fourth-order valence-corrected chi connectivity index (χ4v) is 5.15. The Balaban J connectivity index is 0.000000247. The Bertz CT molecular complexity index is 1210. The van der Waals surface area contributed by atoms with Crippen LogP contribution >= 0.6 is 0 Å². The third-order valence-corrected chi connectivity index (χ3v) is 7.89. The summed E-state index contributed by atoms with van der Waals surface area (Å²) in [4.78, 5) is 34.3. The SMILES string of the molecule is CN1CCC2(CC1)CC2.COc1ccc2[nH]c(C(=O)N3CCN(Cc4ccccc4)C(=O)C3)cc2c1. The molecule has 1 aliphatic carbocycles. The molecule has 0 bridgehead atoms. The fraction of sp³-hybridized carbons (Fsp3) is 0.448. The number of piperazine rings is 1. The molecule has 3 aromatic rings. The van der Waals surface area contributed by atoms with Crippen LogP contribution in [0.5, 0.6) is 5.75 Å². The van der Waals surface area contributed by atoms with E-state index < -0.39 is 0 Å². The van der Waals surface area contributed by atoms with Crippen LogP contribution < -0.4 is 4.74 Å². The molecule has 6 rings (SSSR count). The molecule has 1 aromatic heterocycles. The second-order valence-corrected chi connectivity index (χ2v) is 10.5. The summed E-state index contributed by atoms with van der Waals surface area (Å²) in [6, 6.07) is 17.3. The van der Waals surface area contributed by atoms with Crippen LogP contribution in [0.4, 0.5) is 0 Å². The van der Waals surface area contributed by atoms with E-state index in [4.69, 9.17) is 4.74 Å². The largest absolute Gasteiger partial charge is 0.497 e. The molecule has 7 nitrogen and oxygen atoms in total. The Labute approximate surface area is 213 Å². The summed E-state index contributed by atoms with van der Waals surface area (Å²) in [6.45, 7) is 4.43. The lowest BCUT2D eigenvalue weighted by Crippen LogP contribution is -2.51. The van der Waals surface area contributed by atoms with Crippen molar-refractivity contribution in [3.8, 4) is 5.75 Å². The van der Waals surface area contributed by atoms with E-state index in [0.717, 1.165) is 27.6 Å². The minimum atomic E-state index is -0.155. The Morgan fingerprint density at radius 1 is 0.972 bits per heavy atom. The van der Waals surface area contributed by atoms with Gasteiger partial charge >= 0.3 is 0 Å². The molecule has 0 radical (unpaired) electrons. The topological polar surface area (TPSA) is 68.9 Å². The van der Waals surface area contributed by atoms with Gasteiger partial charge in [0.05, 0.1) is 7.11 Å². The summed E-state index contributed by atoms with van der Waals surface area (Å²) >= 11 is 0. The second kappa shape index (κ2) is 10.3. The highest BCUT2D eigenvalue weighted by Gasteiger charge is 2.43. The number of methoxy groups -OCH3 is 1. The predicted octanol–water partition coefficient (Wildman–Crippen LogP) is 4.15. The average Bonchev–Trinajstić information content (AvgIpc) is 3.53. The molecule has 1 spiro atoms. The Hall–Kier alpha value is -3.32. The van der Waals surface area contributed by atoms with Crippen LogP contribution in [0.15, 0.2) is 54.6 Å². The molecule has 1 N–H and O–H groups in total. The number of aromatic amines is 1. The summed E-state index contributed by atoms with van der Waals surface area (Å²) in [6.07, 6.45) is 6.01. The van der Waals surface area contributed by atoms with Crippen molar-refractivity contribution >= 4 is 22.7 Å². The van der Waals surface area contributed by atoms with E-state index in [1.807, 2.05) is 48.5 Å². The van der Waals surface area contributed by atoms with Crippen molar-refractivity contribution in [2.45, 2.75) is 32.2 Å². The lowest BCUT2D eigenvalue weighted by atomic mass is 9.94. The van der Waals surface area contributed by atoms with Crippen LogP contribution in [0.1, 0.15) is 41.7 Å². The molecular formula is C29H36N4O3. The molecule has 2 amide bonds. The molecule has 1 saturated carbocycles. The van der Waals surface area contributed by atoms with Gasteiger partial charge in [-0.05, 0) is 81.1 Å². The smallest absolute Gasteiger partial charge is 0.270 e. The van der Waals surface area contributed by atoms with E-state index >= 15 is 0 Å². The van der Waals surface area contributed by atoms with Gasteiger partial charge in [0.25, 0.3) is 5.91 Å². The monoisotopic (exact) mass is 488 g/mol. The van der Waals surface area contributed by atoms with Gasteiger partial charge < -0.3 is 24.4 Å². The molecule has 0 unspecified atom stereocenters. The van der Waals surface area contributed by atoms with Gasteiger partial charge in [-0.3, -0.25) is 9.59 Å². The zero-order chi connectivity index (χ0) is 25.1. The first kappa shape index (κ1) is 24.4. The number of likely N-dealkylation sites (tertiary alicyclic amines) is 1. The van der Waals surface area contributed by atoms with Crippen LogP contribution in [0, 0.1) is 5.41 Å². The van der Waals surface area contributed by atoms with Crippen molar-refractivity contribution in [1.29, 1.82) is 0 Å². The standard InChI is InChI=1S/C21H21N3O3.C8H15N/c1-27-17-7-8-18-16(11-17)12-19(22-18)21(26)24-10-9-23(20(25)14-24)13-15-5-3-2-4-6-15;1-9-6-4-8(2-3-8)5-7-9/h2-8,11-12,22H,9-10,13-14H2,1H3;2-7H2,1H3. The third-order valence-electron chi connectivity index (χ3n) is 7.89. The minimum Gasteiger partial charge on any atom is -0.497 e. The maximum Gasteiger partial charge on any atom is 0.270 e. The Kier molecular flexibility index (Phi) is 7.01. The zero-order valence-corrected chi connectivity index (χ0v) is 21.3. The maximum atomic E-state index is 12.8. The first-order valence-corrected chi connectivity index (χ1v) is 12.9. The summed E-state index contributed by atoms with van der Waals surface area (Å²) in [5.74, 6) is 0.555. The Morgan fingerprint density at radius 3 is 2.39 bits per heavy atom. The van der Waals surface area contributed by atoms with Crippen LogP contribution in [-0.4, -0.2) is 78.4 Å². The number of carbonyl (C=O) groups is 2. The number of amides is 2. The lowest BCUT2D eigenvalue weighted by Gasteiger charge is -2.34. The molecule has 2 saturated heterocycles. The average molecular weight is 489 g/mol. The summed E-state index contributed by atoms with van der Waals surface area (Å²) in [7, 11) is 3.84. The maximum absolute atomic E-state index is 12.8. The predicted molar refractivity (Wildman–Crippen MR) is 141 cm³/mol. The van der Waals surface area contributed by atoms with Crippen LogP contribution in [0.3, 0.4) is 0 Å². The van der Waals surface area contributed by atoms with Gasteiger partial charge in [0, 0.05) is 30.5 Å². The number of hydrogen-bond acceptors (Lipinski definition) is 4. The number of piperidine rings is 1. The number of rotatable bonds is 4. The van der Waals surface area contributed by atoms with Gasteiger partial charge in [-0.1, -0.05) is 30.3 Å². The third kappa shape index (κ3) is 5.57. The number of nitrogens with zero attached hydrogens (tertiary/aromatic N) is 3. The van der Waals surface area contributed by atoms with Gasteiger partial charge in [0.1, 0.15) is 18.0 Å². The highest BCUT2D eigenvalue weighted by Crippen LogP contribution is 2.53. The van der Waals surface area contributed by atoms with Crippen LogP contribution in [0.25, 0.3) is 10.9 Å². The molecule has 7 heteroatoms. The number of nitrogens with one attached hydrogen (secondary N) is 1. The van der Waals surface area contributed by atoms with Gasteiger partial charge in [-0.25, -0.2) is 0 Å². The van der Waals surface area contributed by atoms with E-state index in [1.54, 1.807) is 23.0 Å². The number of aromatic nitrogens is 1. The van der Waals surface area contributed by atoms with Crippen molar-refractivity contribution in [2.75, 3.05) is 46.9 Å². The number of fused-ring (bicyclic) bond motifs is 1. The molecule has 3 heterocycles. The summed E-state index contributed by atoms with van der Waals surface area (Å²) in [5, 5.41) is 0.909. The molecule has 3 aliphatic rings. The van der Waals surface area contributed by atoms with Crippen molar-refractivity contribution in [3.05, 3.63) is 65.9 Å². The van der Waals surface area contributed by atoms with Crippen molar-refractivity contribution in [1.82, 2.24) is 19.7 Å². The number of carbonyl (C=O) groups excluding carboxylic acids is 2. The molecule has 2 aromatic carbocycles. The normalized spacial score (nSPS) is 19.2. The molecule has 0 atom stereocenters. The van der Waals surface area contributed by atoms with Crippen LogP contribution in [-0.2, 0) is 11.3 Å². The van der Waals surface area contributed by atoms with E-state index in [-0.39, 0.29) is 18.4 Å². The van der Waals surface area contributed by atoms with Crippen molar-refractivity contribution < 1.29 is 14.3 Å². The first-order valence-electron chi connectivity index (χ1n) is 12.9. The quantitative estimate of drug-likeness (QED) is 0.599. The van der Waals surface area contributed by atoms with Gasteiger partial charge in [-0.2, -0.15) is 0 Å². The fourth-order valence-electron chi connectivity index (χ4n) is 5.15. The van der Waals surface area contributed by atoms with E-state index in [0.29, 0.717) is 25.3 Å². The van der Waals surface area contributed by atoms with Crippen molar-refractivity contribution in [3.63, 3.8) is 0 Å². The summed E-state index contributed by atoms with van der Waals surface area (Å²) < 4.78 is 5.22. The molecule has 36 heavy (non-hydrogen) atoms. The van der Waals surface area contributed by atoms with E-state index in [9.17, 15) is 9.59 Å². The van der Waals surface area contributed by atoms with Crippen LogP contribution in [0.2, 0.25) is 0 Å². The number of H-pyrrole nitrogens is 1. The van der Waals surface area contributed by atoms with Gasteiger partial charge in [-0.15, -0.1) is 0 Å². The molecule has 3 fully saturated rings. The molecule has 2 aliphatic heterocycles. The summed E-state index contributed by atoms with van der Waals surface area (Å²) in [5.41, 5.74) is 3.32. The second-order valence-electron chi connectivity index (χ2n) is 10.5. The number of hydrogen-bond donors (Lipinski definition) is 1. The number of benzene rings is 2. The Morgan fingerprint density at radius 2 is 1.72 bits per heavy atom. The minimum absolute atomic E-state index is 0.0313. The molecule has 190 valence electrons. The van der Waals surface area contributed by atoms with Crippen molar-refractivity contribution in [2.24, 2.45) is 5.41 Å². The van der Waals surface area contributed by atoms with E-state index in [1.165, 1.54) is 38.8 Å². The van der Waals surface area contributed by atoms with Gasteiger partial charge in [0.2, 0.25) is 5.91 Å².